The third-order valence-electron chi connectivity index (χ3n) is 3.38. The zero-order chi connectivity index (χ0) is 15.0. The van der Waals surface area contributed by atoms with Gasteiger partial charge in [0.05, 0.1) is 5.92 Å². The molecule has 0 fully saturated rings. The van der Waals surface area contributed by atoms with E-state index in [1.807, 2.05) is 24.3 Å². The number of nitrogens with zero attached hydrogens (tertiary/aromatic N) is 1. The molecule has 1 atom stereocenters. The molecule has 0 bridgehead atoms. The Morgan fingerprint density at radius 3 is 2.76 bits per heavy atom. The number of phenols is 1. The normalized spacial score (nSPS) is 16.9. The summed E-state index contributed by atoms with van der Waals surface area (Å²) in [5.41, 5.74) is 8.05. The Kier molecular flexibility index (Phi) is 3.47. The van der Waals surface area contributed by atoms with Gasteiger partial charge in [-0.05, 0) is 46.4 Å². The van der Waals surface area contributed by atoms with Crippen LogP contribution in [0.5, 0.6) is 11.5 Å². The lowest BCUT2D eigenvalue weighted by atomic mass is 9.83. The van der Waals surface area contributed by atoms with E-state index in [0.717, 1.165) is 14.7 Å². The molecule has 3 N–H and O–H groups in total. The molecule has 3 rings (SSSR count). The van der Waals surface area contributed by atoms with Gasteiger partial charge in [-0.3, -0.25) is 0 Å². The Balaban J connectivity index is 2.24. The number of fused-ring (bicyclic) bond motifs is 1. The summed E-state index contributed by atoms with van der Waals surface area (Å²) in [7, 11) is 0. The van der Waals surface area contributed by atoms with Gasteiger partial charge in [0.15, 0.2) is 0 Å². The molecule has 1 aliphatic rings. The maximum atomic E-state index is 9.60. The number of nitrogens with two attached hydrogens (primary N) is 1. The Hall–Kier alpha value is -2.20. The van der Waals surface area contributed by atoms with Crippen LogP contribution in [-0.4, -0.2) is 5.11 Å². The van der Waals surface area contributed by atoms with Crippen LogP contribution in [0.1, 0.15) is 17.0 Å². The fourth-order valence-electron chi connectivity index (χ4n) is 2.47. The number of aromatic hydroxyl groups is 1. The van der Waals surface area contributed by atoms with Crippen molar-refractivity contribution in [2.24, 2.45) is 5.73 Å². The van der Waals surface area contributed by atoms with Crippen molar-refractivity contribution in [2.75, 3.05) is 0 Å². The van der Waals surface area contributed by atoms with Gasteiger partial charge < -0.3 is 15.6 Å². The average Bonchev–Trinajstić information content (AvgIpc) is 2.45. The molecule has 0 amide bonds. The highest BCUT2D eigenvalue weighted by Gasteiger charge is 2.30. The Labute approximate surface area is 135 Å². The van der Waals surface area contributed by atoms with E-state index in [-0.39, 0.29) is 17.6 Å². The first-order valence-electron chi connectivity index (χ1n) is 6.26. The zero-order valence-electron chi connectivity index (χ0n) is 10.9. The molecule has 5 heteroatoms. The minimum Gasteiger partial charge on any atom is -0.508 e. The summed E-state index contributed by atoms with van der Waals surface area (Å²) in [6, 6.07) is 14.9. The van der Waals surface area contributed by atoms with Gasteiger partial charge in [0.1, 0.15) is 23.1 Å². The van der Waals surface area contributed by atoms with Gasteiger partial charge in [0.2, 0.25) is 5.88 Å². The summed E-state index contributed by atoms with van der Waals surface area (Å²) in [4.78, 5) is 0. The second-order valence-corrected chi connectivity index (χ2v) is 5.95. The second-order valence-electron chi connectivity index (χ2n) is 4.70. The van der Waals surface area contributed by atoms with Crippen molar-refractivity contribution < 1.29 is 9.84 Å². The van der Waals surface area contributed by atoms with E-state index in [2.05, 4.69) is 28.7 Å². The predicted molar refractivity (Wildman–Crippen MR) is 86.6 cm³/mol. The SMILES string of the molecule is N#CC1=C(N)Oc2cc(O)ccc2C1c1cccc(I)c1. The fraction of sp³-hybridized carbons (Fsp3) is 0.0625. The highest BCUT2D eigenvalue weighted by molar-refractivity contribution is 14.1. The zero-order valence-corrected chi connectivity index (χ0v) is 13.0. The Bertz CT molecular complexity index is 793. The minimum atomic E-state index is -0.283. The van der Waals surface area contributed by atoms with Crippen molar-refractivity contribution in [1.29, 1.82) is 5.26 Å². The first-order chi connectivity index (χ1) is 10.1. The number of halogens is 1. The van der Waals surface area contributed by atoms with Crippen LogP contribution in [-0.2, 0) is 0 Å². The van der Waals surface area contributed by atoms with Crippen LogP contribution in [0, 0.1) is 14.9 Å². The number of phenolic OH excluding ortho intramolecular Hbond substituents is 1. The molecule has 1 unspecified atom stereocenters. The molecule has 21 heavy (non-hydrogen) atoms. The highest BCUT2D eigenvalue weighted by atomic mass is 127. The largest absolute Gasteiger partial charge is 0.508 e. The van der Waals surface area contributed by atoms with Crippen molar-refractivity contribution in [1.82, 2.24) is 0 Å². The number of rotatable bonds is 1. The van der Waals surface area contributed by atoms with E-state index in [1.165, 1.54) is 6.07 Å². The van der Waals surface area contributed by atoms with Crippen LogP contribution in [0.3, 0.4) is 0 Å². The lowest BCUT2D eigenvalue weighted by molar-refractivity contribution is 0.388. The minimum absolute atomic E-state index is 0.0828. The fourth-order valence-corrected chi connectivity index (χ4v) is 3.04. The highest BCUT2D eigenvalue weighted by Crippen LogP contribution is 2.43. The van der Waals surface area contributed by atoms with Gasteiger partial charge in [0.25, 0.3) is 0 Å². The molecule has 0 aliphatic carbocycles. The average molecular weight is 390 g/mol. The molecule has 2 aromatic rings. The van der Waals surface area contributed by atoms with Crippen molar-refractivity contribution >= 4 is 22.6 Å². The maximum Gasteiger partial charge on any atom is 0.205 e. The standard InChI is InChI=1S/C16H11IN2O2/c17-10-3-1-2-9(6-10)15-12-5-4-11(20)7-14(12)21-16(19)13(15)8-18/h1-7,15,20H,19H2. The topological polar surface area (TPSA) is 79.3 Å². The smallest absolute Gasteiger partial charge is 0.205 e. The summed E-state index contributed by atoms with van der Waals surface area (Å²) in [6.45, 7) is 0. The van der Waals surface area contributed by atoms with Crippen LogP contribution in [0.4, 0.5) is 0 Å². The number of hydrogen-bond donors (Lipinski definition) is 2. The van der Waals surface area contributed by atoms with Crippen molar-refractivity contribution in [3.8, 4) is 17.6 Å². The molecular formula is C16H11IN2O2. The summed E-state index contributed by atoms with van der Waals surface area (Å²) in [6.07, 6.45) is 0. The van der Waals surface area contributed by atoms with Crippen LogP contribution in [0.2, 0.25) is 0 Å². The molecule has 0 saturated carbocycles. The van der Waals surface area contributed by atoms with Crippen LogP contribution in [0.15, 0.2) is 53.9 Å². The predicted octanol–water partition coefficient (Wildman–Crippen LogP) is 3.21. The van der Waals surface area contributed by atoms with Gasteiger partial charge in [-0.1, -0.05) is 18.2 Å². The van der Waals surface area contributed by atoms with Crippen molar-refractivity contribution in [2.45, 2.75) is 5.92 Å². The van der Waals surface area contributed by atoms with E-state index < -0.39 is 0 Å². The van der Waals surface area contributed by atoms with E-state index >= 15 is 0 Å². The van der Waals surface area contributed by atoms with Gasteiger partial charge in [-0.2, -0.15) is 5.26 Å². The number of benzene rings is 2. The molecule has 0 radical (unpaired) electrons. The van der Waals surface area contributed by atoms with E-state index in [0.29, 0.717) is 11.3 Å². The first-order valence-corrected chi connectivity index (χ1v) is 7.34. The van der Waals surface area contributed by atoms with Gasteiger partial charge in [0, 0.05) is 15.2 Å². The van der Waals surface area contributed by atoms with E-state index in [4.69, 9.17) is 10.5 Å². The van der Waals surface area contributed by atoms with Crippen LogP contribution in [0.25, 0.3) is 0 Å². The Morgan fingerprint density at radius 1 is 1.24 bits per heavy atom. The monoisotopic (exact) mass is 390 g/mol. The molecular weight excluding hydrogens is 379 g/mol. The summed E-state index contributed by atoms with van der Waals surface area (Å²) in [5.74, 6) is 0.382. The number of hydrogen-bond acceptors (Lipinski definition) is 4. The quantitative estimate of drug-likeness (QED) is 0.733. The van der Waals surface area contributed by atoms with Gasteiger partial charge in [-0.15, -0.1) is 0 Å². The number of ether oxygens (including phenoxy) is 1. The van der Waals surface area contributed by atoms with Crippen molar-refractivity contribution in [3.63, 3.8) is 0 Å². The number of nitriles is 1. The van der Waals surface area contributed by atoms with Gasteiger partial charge in [-0.25, -0.2) is 0 Å². The summed E-state index contributed by atoms with van der Waals surface area (Å²) >= 11 is 2.23. The molecule has 104 valence electrons. The van der Waals surface area contributed by atoms with Crippen LogP contribution < -0.4 is 10.5 Å². The molecule has 2 aromatic carbocycles. The van der Waals surface area contributed by atoms with E-state index in [9.17, 15) is 10.4 Å². The lowest BCUT2D eigenvalue weighted by Crippen LogP contribution is -2.21. The molecule has 1 aliphatic heterocycles. The summed E-state index contributed by atoms with van der Waals surface area (Å²) < 4.78 is 6.55. The molecule has 0 spiro atoms. The maximum absolute atomic E-state index is 9.60. The molecule has 1 heterocycles. The van der Waals surface area contributed by atoms with Crippen molar-refractivity contribution in [3.05, 3.63) is 68.6 Å². The molecule has 0 aromatic heterocycles. The van der Waals surface area contributed by atoms with E-state index in [1.54, 1.807) is 12.1 Å². The third-order valence-corrected chi connectivity index (χ3v) is 4.06. The third kappa shape index (κ3) is 2.43. The first kappa shape index (κ1) is 13.8. The Morgan fingerprint density at radius 2 is 2.05 bits per heavy atom. The van der Waals surface area contributed by atoms with Gasteiger partial charge >= 0.3 is 0 Å². The van der Waals surface area contributed by atoms with Crippen LogP contribution >= 0.6 is 22.6 Å². The second kappa shape index (κ2) is 5.30. The molecule has 4 nitrogen and oxygen atoms in total. The number of allylic oxidation sites excluding steroid dienone is 1. The summed E-state index contributed by atoms with van der Waals surface area (Å²) in [5, 5.41) is 19.0. The lowest BCUT2D eigenvalue weighted by Gasteiger charge is -2.26. The molecule has 0 saturated heterocycles.